The van der Waals surface area contributed by atoms with Crippen LogP contribution in [0.2, 0.25) is 0 Å². The number of aliphatic hydroxyl groups excluding tert-OH is 1. The van der Waals surface area contributed by atoms with Crippen molar-refractivity contribution < 1.29 is 5.11 Å². The maximum absolute atomic E-state index is 8.65. The Morgan fingerprint density at radius 1 is 1.40 bits per heavy atom. The number of benzene rings is 1. The van der Waals surface area contributed by atoms with E-state index in [0.717, 1.165) is 23.9 Å². The predicted molar refractivity (Wildman–Crippen MR) is 66.9 cm³/mol. The molecule has 0 amide bonds. The van der Waals surface area contributed by atoms with Gasteiger partial charge in [0.25, 0.3) is 0 Å². The molecule has 0 unspecified atom stereocenters. The van der Waals surface area contributed by atoms with Crippen molar-refractivity contribution in [3.8, 4) is 0 Å². The zero-order chi connectivity index (χ0) is 11.1. The van der Waals surface area contributed by atoms with Crippen LogP contribution in [0.25, 0.3) is 0 Å². The first-order chi connectivity index (χ1) is 7.24. The number of unbranched alkanes of at least 4 members (excludes halogenated alkanes) is 1. The summed E-state index contributed by atoms with van der Waals surface area (Å²) in [6, 6.07) is 8.69. The minimum atomic E-state index is 0.285. The van der Waals surface area contributed by atoms with Gasteiger partial charge in [-0.15, -0.1) is 0 Å². The van der Waals surface area contributed by atoms with Gasteiger partial charge in [-0.25, -0.2) is 0 Å². The van der Waals surface area contributed by atoms with Crippen molar-refractivity contribution in [1.82, 2.24) is 5.32 Å². The first-order valence-electron chi connectivity index (χ1n) is 5.33. The molecule has 2 nitrogen and oxygen atoms in total. The predicted octanol–water partition coefficient (Wildman–Crippen LogP) is 2.87. The van der Waals surface area contributed by atoms with Crippen molar-refractivity contribution in [2.24, 2.45) is 0 Å². The molecular weight excluding hydrogens is 254 g/mol. The molecule has 1 atom stereocenters. The molecule has 2 N–H and O–H groups in total. The first kappa shape index (κ1) is 12.7. The largest absolute Gasteiger partial charge is 0.396 e. The van der Waals surface area contributed by atoms with E-state index in [2.05, 4.69) is 40.3 Å². The third-order valence-electron chi connectivity index (χ3n) is 2.38. The Morgan fingerprint density at radius 2 is 2.20 bits per heavy atom. The topological polar surface area (TPSA) is 32.3 Å². The highest BCUT2D eigenvalue weighted by molar-refractivity contribution is 9.10. The van der Waals surface area contributed by atoms with Crippen LogP contribution >= 0.6 is 15.9 Å². The Hall–Kier alpha value is -0.380. The van der Waals surface area contributed by atoms with Gasteiger partial charge < -0.3 is 10.4 Å². The van der Waals surface area contributed by atoms with Crippen LogP contribution in [0, 0.1) is 0 Å². The Balaban J connectivity index is 2.36. The number of hydrogen-bond acceptors (Lipinski definition) is 2. The summed E-state index contributed by atoms with van der Waals surface area (Å²) < 4.78 is 1.11. The summed E-state index contributed by atoms with van der Waals surface area (Å²) in [6.45, 7) is 3.39. The maximum atomic E-state index is 8.65. The highest BCUT2D eigenvalue weighted by Gasteiger charge is 2.03. The molecule has 15 heavy (non-hydrogen) atoms. The molecule has 1 aromatic carbocycles. The fourth-order valence-corrected chi connectivity index (χ4v) is 1.87. The van der Waals surface area contributed by atoms with Gasteiger partial charge in [0.15, 0.2) is 0 Å². The van der Waals surface area contributed by atoms with Crippen molar-refractivity contribution in [2.75, 3.05) is 13.2 Å². The van der Waals surface area contributed by atoms with Crippen molar-refractivity contribution in [3.05, 3.63) is 34.3 Å². The lowest BCUT2D eigenvalue weighted by Gasteiger charge is -2.14. The van der Waals surface area contributed by atoms with E-state index < -0.39 is 0 Å². The lowest BCUT2D eigenvalue weighted by molar-refractivity contribution is 0.283. The van der Waals surface area contributed by atoms with Crippen LogP contribution in [0.4, 0.5) is 0 Å². The molecule has 0 radical (unpaired) electrons. The summed E-state index contributed by atoms with van der Waals surface area (Å²) >= 11 is 3.46. The zero-order valence-corrected chi connectivity index (χ0v) is 10.6. The molecule has 84 valence electrons. The number of rotatable bonds is 6. The van der Waals surface area contributed by atoms with E-state index in [-0.39, 0.29) is 6.61 Å². The SMILES string of the molecule is C[C@H](NCCCCO)c1cccc(Br)c1. The van der Waals surface area contributed by atoms with Gasteiger partial charge in [0.1, 0.15) is 0 Å². The Labute approximate surface area is 99.8 Å². The van der Waals surface area contributed by atoms with Crippen LogP contribution in [0.15, 0.2) is 28.7 Å². The van der Waals surface area contributed by atoms with Gasteiger partial charge in [-0.2, -0.15) is 0 Å². The van der Waals surface area contributed by atoms with Crippen molar-refractivity contribution in [2.45, 2.75) is 25.8 Å². The van der Waals surface area contributed by atoms with Gasteiger partial charge in [-0.1, -0.05) is 28.1 Å². The Bertz CT molecular complexity index is 291. The van der Waals surface area contributed by atoms with Crippen LogP contribution in [-0.4, -0.2) is 18.3 Å². The van der Waals surface area contributed by atoms with E-state index in [1.54, 1.807) is 0 Å². The lowest BCUT2D eigenvalue weighted by atomic mass is 10.1. The van der Waals surface area contributed by atoms with Crippen LogP contribution in [0.3, 0.4) is 0 Å². The molecule has 0 aliphatic rings. The standard InChI is InChI=1S/C12H18BrNO/c1-10(14-7-2-3-8-15)11-5-4-6-12(13)9-11/h4-6,9-10,14-15H,2-3,7-8H2,1H3/t10-/m0/s1. The van der Waals surface area contributed by atoms with Crippen molar-refractivity contribution in [3.63, 3.8) is 0 Å². The lowest BCUT2D eigenvalue weighted by Crippen LogP contribution is -2.20. The second kappa shape index (κ2) is 6.99. The summed E-state index contributed by atoms with van der Waals surface area (Å²) in [5.74, 6) is 0. The molecule has 0 saturated heterocycles. The molecule has 1 aromatic rings. The van der Waals surface area contributed by atoms with Crippen LogP contribution < -0.4 is 5.32 Å². The van der Waals surface area contributed by atoms with Crippen molar-refractivity contribution in [1.29, 1.82) is 0 Å². The van der Waals surface area contributed by atoms with E-state index in [9.17, 15) is 0 Å². The van der Waals surface area contributed by atoms with Gasteiger partial charge >= 0.3 is 0 Å². The third-order valence-corrected chi connectivity index (χ3v) is 2.88. The molecule has 0 fully saturated rings. The summed E-state index contributed by atoms with van der Waals surface area (Å²) in [5.41, 5.74) is 1.29. The highest BCUT2D eigenvalue weighted by atomic mass is 79.9. The fourth-order valence-electron chi connectivity index (χ4n) is 1.45. The number of aliphatic hydroxyl groups is 1. The van der Waals surface area contributed by atoms with Crippen molar-refractivity contribution >= 4 is 15.9 Å². The quantitative estimate of drug-likeness (QED) is 0.780. The maximum Gasteiger partial charge on any atom is 0.0431 e. The number of nitrogens with one attached hydrogen (secondary N) is 1. The molecule has 0 aliphatic carbocycles. The summed E-state index contributed by atoms with van der Waals surface area (Å²) in [6.07, 6.45) is 1.90. The Kier molecular flexibility index (Phi) is 5.91. The minimum absolute atomic E-state index is 0.285. The van der Waals surface area contributed by atoms with Gasteiger partial charge in [-0.05, 0) is 44.0 Å². The van der Waals surface area contributed by atoms with E-state index in [4.69, 9.17) is 5.11 Å². The molecule has 3 heteroatoms. The second-order valence-electron chi connectivity index (χ2n) is 3.66. The third kappa shape index (κ3) is 4.78. The van der Waals surface area contributed by atoms with Gasteiger partial charge in [-0.3, -0.25) is 0 Å². The monoisotopic (exact) mass is 271 g/mol. The van der Waals surface area contributed by atoms with E-state index in [0.29, 0.717) is 6.04 Å². The number of halogens is 1. The average Bonchev–Trinajstić information content (AvgIpc) is 2.24. The normalized spacial score (nSPS) is 12.7. The van der Waals surface area contributed by atoms with Gasteiger partial charge in [0.2, 0.25) is 0 Å². The van der Waals surface area contributed by atoms with Crippen LogP contribution in [-0.2, 0) is 0 Å². The fraction of sp³-hybridized carbons (Fsp3) is 0.500. The number of hydrogen-bond donors (Lipinski definition) is 2. The second-order valence-corrected chi connectivity index (χ2v) is 4.58. The minimum Gasteiger partial charge on any atom is -0.396 e. The molecule has 0 bridgehead atoms. The van der Waals surface area contributed by atoms with Gasteiger partial charge in [0.05, 0.1) is 0 Å². The summed E-state index contributed by atoms with van der Waals surface area (Å²) in [4.78, 5) is 0. The first-order valence-corrected chi connectivity index (χ1v) is 6.13. The molecule has 1 rings (SSSR count). The molecule has 0 aliphatic heterocycles. The van der Waals surface area contributed by atoms with E-state index in [1.165, 1.54) is 5.56 Å². The zero-order valence-electron chi connectivity index (χ0n) is 9.04. The molecule has 0 aromatic heterocycles. The molecule has 0 heterocycles. The van der Waals surface area contributed by atoms with E-state index in [1.807, 2.05) is 12.1 Å². The molecule has 0 spiro atoms. The van der Waals surface area contributed by atoms with Crippen LogP contribution in [0.1, 0.15) is 31.4 Å². The summed E-state index contributed by atoms with van der Waals surface area (Å²) in [5, 5.41) is 12.1. The smallest absolute Gasteiger partial charge is 0.0431 e. The Morgan fingerprint density at radius 3 is 2.87 bits per heavy atom. The molecular formula is C12H18BrNO. The van der Waals surface area contributed by atoms with Gasteiger partial charge in [0, 0.05) is 17.1 Å². The average molecular weight is 272 g/mol. The highest BCUT2D eigenvalue weighted by Crippen LogP contribution is 2.17. The summed E-state index contributed by atoms with van der Waals surface area (Å²) in [7, 11) is 0. The van der Waals surface area contributed by atoms with Crippen LogP contribution in [0.5, 0.6) is 0 Å². The molecule has 0 saturated carbocycles. The van der Waals surface area contributed by atoms with E-state index >= 15 is 0 Å².